The van der Waals surface area contributed by atoms with Gasteiger partial charge in [-0.25, -0.2) is 0 Å². The first-order valence-electron chi connectivity index (χ1n) is 7.38. The van der Waals surface area contributed by atoms with E-state index in [1.165, 1.54) is 5.56 Å². The van der Waals surface area contributed by atoms with Crippen LogP contribution in [0.4, 0.5) is 0 Å². The van der Waals surface area contributed by atoms with Crippen LogP contribution in [-0.2, 0) is 4.79 Å². The predicted molar refractivity (Wildman–Crippen MR) is 81.7 cm³/mol. The molecule has 116 valence electrons. The van der Waals surface area contributed by atoms with Crippen molar-refractivity contribution in [1.29, 1.82) is 0 Å². The molecule has 21 heavy (non-hydrogen) atoms. The second-order valence-corrected chi connectivity index (χ2v) is 5.50. The lowest BCUT2D eigenvalue weighted by Crippen LogP contribution is -2.52. The molecule has 0 amide bonds. The van der Waals surface area contributed by atoms with Crippen LogP contribution in [0.15, 0.2) is 24.3 Å². The van der Waals surface area contributed by atoms with Crippen molar-refractivity contribution in [2.24, 2.45) is 0 Å². The van der Waals surface area contributed by atoms with Crippen molar-refractivity contribution in [2.45, 2.75) is 25.9 Å². The van der Waals surface area contributed by atoms with Crippen molar-refractivity contribution in [3.63, 3.8) is 0 Å². The van der Waals surface area contributed by atoms with Crippen molar-refractivity contribution in [2.75, 3.05) is 33.3 Å². The molecule has 1 fully saturated rings. The summed E-state index contributed by atoms with van der Waals surface area (Å²) in [7, 11) is 1.69. The fourth-order valence-corrected chi connectivity index (χ4v) is 2.88. The average Bonchev–Trinajstić information content (AvgIpc) is 2.53. The van der Waals surface area contributed by atoms with Gasteiger partial charge in [0.1, 0.15) is 11.8 Å². The summed E-state index contributed by atoms with van der Waals surface area (Å²) in [4.78, 5) is 15.4. The average molecular weight is 292 g/mol. The Labute approximate surface area is 126 Å². The number of carboxylic acids is 1. The minimum Gasteiger partial charge on any atom is -0.496 e. The molecule has 1 aromatic carbocycles. The number of carboxylic acid groups (broad SMARTS) is 1. The highest BCUT2D eigenvalue weighted by Gasteiger charge is 2.28. The van der Waals surface area contributed by atoms with Gasteiger partial charge in [-0.2, -0.15) is 0 Å². The largest absolute Gasteiger partial charge is 0.496 e. The second-order valence-electron chi connectivity index (χ2n) is 5.50. The molecule has 0 aromatic heterocycles. The summed E-state index contributed by atoms with van der Waals surface area (Å²) in [6.07, 6.45) is 0. The Hall–Kier alpha value is -1.59. The van der Waals surface area contributed by atoms with E-state index in [9.17, 15) is 4.79 Å². The highest BCUT2D eigenvalue weighted by atomic mass is 16.5. The molecule has 0 radical (unpaired) electrons. The maximum Gasteiger partial charge on any atom is 0.320 e. The number of rotatable bonds is 5. The van der Waals surface area contributed by atoms with Gasteiger partial charge in [-0.05, 0) is 19.9 Å². The van der Waals surface area contributed by atoms with E-state index in [-0.39, 0.29) is 6.04 Å². The maximum atomic E-state index is 11.0. The van der Waals surface area contributed by atoms with Gasteiger partial charge in [0.25, 0.3) is 0 Å². The van der Waals surface area contributed by atoms with Gasteiger partial charge in [0.2, 0.25) is 0 Å². The third-order valence-electron chi connectivity index (χ3n) is 4.39. The third kappa shape index (κ3) is 3.54. The number of piperazine rings is 1. The summed E-state index contributed by atoms with van der Waals surface area (Å²) in [5.41, 5.74) is 1.18. The number of methoxy groups -OCH3 is 1. The quantitative estimate of drug-likeness (QED) is 0.897. The van der Waals surface area contributed by atoms with E-state index in [0.29, 0.717) is 0 Å². The molecule has 1 aromatic rings. The smallest absolute Gasteiger partial charge is 0.320 e. The predicted octanol–water partition coefficient (Wildman–Crippen LogP) is 1.85. The van der Waals surface area contributed by atoms with Crippen molar-refractivity contribution in [3.05, 3.63) is 29.8 Å². The normalized spacial score (nSPS) is 20.0. The molecule has 1 aliphatic rings. The van der Waals surface area contributed by atoms with Crippen LogP contribution in [0, 0.1) is 0 Å². The van der Waals surface area contributed by atoms with Crippen molar-refractivity contribution in [3.8, 4) is 5.75 Å². The molecular weight excluding hydrogens is 268 g/mol. The van der Waals surface area contributed by atoms with E-state index in [1.807, 2.05) is 23.1 Å². The Balaban J connectivity index is 2.00. The maximum absolute atomic E-state index is 11.0. The number of ether oxygens (including phenoxy) is 1. The van der Waals surface area contributed by atoms with E-state index >= 15 is 0 Å². The topological polar surface area (TPSA) is 53.0 Å². The van der Waals surface area contributed by atoms with Crippen molar-refractivity contribution >= 4 is 5.97 Å². The SMILES string of the molecule is COc1ccccc1C(C)N1CCN(C(C)C(=O)O)CC1. The van der Waals surface area contributed by atoms with Gasteiger partial charge >= 0.3 is 5.97 Å². The zero-order chi connectivity index (χ0) is 15.4. The van der Waals surface area contributed by atoms with Crippen LogP contribution in [-0.4, -0.2) is 60.2 Å². The van der Waals surface area contributed by atoms with Crippen LogP contribution in [0.2, 0.25) is 0 Å². The van der Waals surface area contributed by atoms with E-state index in [1.54, 1.807) is 14.0 Å². The fourth-order valence-electron chi connectivity index (χ4n) is 2.88. The van der Waals surface area contributed by atoms with Gasteiger partial charge in [-0.1, -0.05) is 18.2 Å². The molecular formula is C16H24N2O3. The molecule has 1 saturated heterocycles. The molecule has 1 aliphatic heterocycles. The number of benzene rings is 1. The van der Waals surface area contributed by atoms with E-state index in [2.05, 4.69) is 17.9 Å². The number of carbonyl (C=O) groups is 1. The Kier molecular flexibility index (Phi) is 5.20. The molecule has 1 N–H and O–H groups in total. The molecule has 2 unspecified atom stereocenters. The van der Waals surface area contributed by atoms with Gasteiger partial charge in [0, 0.05) is 37.8 Å². The first kappa shape index (κ1) is 15.8. The van der Waals surface area contributed by atoms with Crippen LogP contribution >= 0.6 is 0 Å². The summed E-state index contributed by atoms with van der Waals surface area (Å²) in [6, 6.07) is 7.93. The third-order valence-corrected chi connectivity index (χ3v) is 4.39. The number of aliphatic carboxylic acids is 1. The van der Waals surface area contributed by atoms with Crippen LogP contribution in [0.25, 0.3) is 0 Å². The number of hydrogen-bond acceptors (Lipinski definition) is 4. The summed E-state index contributed by atoms with van der Waals surface area (Å²) in [5.74, 6) is 0.160. The van der Waals surface area contributed by atoms with Crippen LogP contribution in [0.1, 0.15) is 25.5 Å². The highest BCUT2D eigenvalue weighted by Crippen LogP contribution is 2.29. The van der Waals surface area contributed by atoms with Gasteiger partial charge < -0.3 is 9.84 Å². The number of hydrogen-bond donors (Lipinski definition) is 1. The van der Waals surface area contributed by atoms with Gasteiger partial charge in [-0.15, -0.1) is 0 Å². The van der Waals surface area contributed by atoms with Crippen LogP contribution in [0.3, 0.4) is 0 Å². The minimum absolute atomic E-state index is 0.267. The second kappa shape index (κ2) is 6.91. The lowest BCUT2D eigenvalue weighted by molar-refractivity contribution is -0.143. The van der Waals surface area contributed by atoms with Crippen LogP contribution in [0.5, 0.6) is 5.75 Å². The number of nitrogens with zero attached hydrogens (tertiary/aromatic N) is 2. The summed E-state index contributed by atoms with van der Waals surface area (Å²) in [5, 5.41) is 9.08. The summed E-state index contributed by atoms with van der Waals surface area (Å²) >= 11 is 0. The first-order chi connectivity index (χ1) is 10.0. The fraction of sp³-hybridized carbons (Fsp3) is 0.562. The zero-order valence-electron chi connectivity index (χ0n) is 13.0. The molecule has 0 spiro atoms. The number of para-hydroxylation sites is 1. The van der Waals surface area contributed by atoms with Crippen molar-refractivity contribution < 1.29 is 14.6 Å². The Morgan fingerprint density at radius 2 is 1.71 bits per heavy atom. The van der Waals surface area contributed by atoms with Gasteiger partial charge in [0.05, 0.1) is 7.11 Å². The molecule has 0 saturated carbocycles. The first-order valence-corrected chi connectivity index (χ1v) is 7.38. The zero-order valence-corrected chi connectivity index (χ0v) is 13.0. The molecule has 1 heterocycles. The monoisotopic (exact) mass is 292 g/mol. The lowest BCUT2D eigenvalue weighted by Gasteiger charge is -2.39. The minimum atomic E-state index is -0.749. The molecule has 2 rings (SSSR count). The van der Waals surface area contributed by atoms with Crippen LogP contribution < -0.4 is 4.74 Å². The lowest BCUT2D eigenvalue weighted by atomic mass is 10.0. The van der Waals surface area contributed by atoms with E-state index in [0.717, 1.165) is 31.9 Å². The summed E-state index contributed by atoms with van der Waals surface area (Å²) in [6.45, 7) is 7.24. The molecule has 2 atom stereocenters. The molecule has 5 nitrogen and oxygen atoms in total. The standard InChI is InChI=1S/C16H24N2O3/c1-12(14-6-4-5-7-15(14)21-3)17-8-10-18(11-9-17)13(2)16(19)20/h4-7,12-13H,8-11H2,1-3H3,(H,19,20). The molecule has 5 heteroatoms. The highest BCUT2D eigenvalue weighted by molar-refractivity contribution is 5.72. The molecule has 0 aliphatic carbocycles. The van der Waals surface area contributed by atoms with Gasteiger partial charge in [-0.3, -0.25) is 14.6 Å². The van der Waals surface area contributed by atoms with E-state index < -0.39 is 12.0 Å². The van der Waals surface area contributed by atoms with E-state index in [4.69, 9.17) is 9.84 Å². The Morgan fingerprint density at radius 3 is 2.29 bits per heavy atom. The van der Waals surface area contributed by atoms with Gasteiger partial charge in [0.15, 0.2) is 0 Å². The Morgan fingerprint density at radius 1 is 1.14 bits per heavy atom. The molecule has 0 bridgehead atoms. The summed E-state index contributed by atoms with van der Waals surface area (Å²) < 4.78 is 5.43. The van der Waals surface area contributed by atoms with Crippen molar-refractivity contribution in [1.82, 2.24) is 9.80 Å². The Bertz CT molecular complexity index is 484.